The van der Waals surface area contributed by atoms with Crippen LogP contribution in [-0.2, 0) is 6.54 Å². The average molecular weight is 372 g/mol. The lowest BCUT2D eigenvalue weighted by molar-refractivity contribution is 0.0969. The first-order chi connectivity index (χ1) is 9.93. The molecule has 0 spiro atoms. The quantitative estimate of drug-likeness (QED) is 0.775. The number of ether oxygens (including phenoxy) is 1. The summed E-state index contributed by atoms with van der Waals surface area (Å²) in [7, 11) is 1.50. The van der Waals surface area contributed by atoms with E-state index >= 15 is 0 Å². The molecule has 0 fully saturated rings. The Kier molecular flexibility index (Phi) is 4.80. The topological polar surface area (TPSA) is 61.2 Å². The summed E-state index contributed by atoms with van der Waals surface area (Å²) in [5.41, 5.74) is 0.113. The summed E-state index contributed by atoms with van der Waals surface area (Å²) in [5.74, 6) is 0.728. The Morgan fingerprint density at radius 3 is 2.81 bits per heavy atom. The van der Waals surface area contributed by atoms with E-state index in [2.05, 4.69) is 20.9 Å². The Hall–Kier alpha value is -1.66. The summed E-state index contributed by atoms with van der Waals surface area (Å²) in [6, 6.07) is 4.75. The van der Waals surface area contributed by atoms with E-state index in [0.29, 0.717) is 26.6 Å². The molecule has 0 N–H and O–H groups in total. The predicted molar refractivity (Wildman–Crippen MR) is 83.3 cm³/mol. The van der Waals surface area contributed by atoms with E-state index in [4.69, 9.17) is 16.3 Å². The van der Waals surface area contributed by atoms with Gasteiger partial charge in [0.25, 0.3) is 5.56 Å². The smallest absolute Gasteiger partial charge is 0.268 e. The third kappa shape index (κ3) is 3.33. The number of ketones is 1. The molecule has 0 bridgehead atoms. The Morgan fingerprint density at radius 2 is 2.19 bits per heavy atom. The number of carbonyl (C=O) groups excluding carboxylic acids is 1. The molecule has 7 heteroatoms. The van der Waals surface area contributed by atoms with Crippen molar-refractivity contribution in [2.75, 3.05) is 7.11 Å². The molecule has 5 nitrogen and oxygen atoms in total. The molecule has 0 aliphatic carbocycles. The van der Waals surface area contributed by atoms with Crippen molar-refractivity contribution in [2.45, 2.75) is 13.5 Å². The van der Waals surface area contributed by atoms with Crippen molar-refractivity contribution in [3.05, 3.63) is 55.6 Å². The largest absolute Gasteiger partial charge is 0.495 e. The highest BCUT2D eigenvalue weighted by Crippen LogP contribution is 2.25. The minimum absolute atomic E-state index is 0.0975. The third-order valence-electron chi connectivity index (χ3n) is 2.98. The predicted octanol–water partition coefficient (Wildman–Crippen LogP) is 2.86. The Bertz CT molecular complexity index is 758. The monoisotopic (exact) mass is 370 g/mol. The first-order valence-electron chi connectivity index (χ1n) is 6.02. The van der Waals surface area contributed by atoms with E-state index in [0.717, 1.165) is 0 Å². The molecule has 2 rings (SSSR count). The maximum atomic E-state index is 12.3. The van der Waals surface area contributed by atoms with Gasteiger partial charge in [-0.25, -0.2) is 4.98 Å². The molecule has 0 unspecified atom stereocenters. The number of hydrogen-bond acceptors (Lipinski definition) is 4. The summed E-state index contributed by atoms with van der Waals surface area (Å²) in [5, 5.41) is 0.347. The van der Waals surface area contributed by atoms with Crippen LogP contribution in [0.4, 0.5) is 0 Å². The molecule has 2 aromatic rings. The van der Waals surface area contributed by atoms with Crippen LogP contribution in [0, 0.1) is 6.92 Å². The molecule has 1 aromatic carbocycles. The van der Waals surface area contributed by atoms with Crippen LogP contribution in [0.3, 0.4) is 0 Å². The number of rotatable bonds is 4. The fourth-order valence-electron chi connectivity index (χ4n) is 1.81. The van der Waals surface area contributed by atoms with Crippen LogP contribution < -0.4 is 10.3 Å². The van der Waals surface area contributed by atoms with E-state index in [1.165, 1.54) is 23.9 Å². The number of carbonyl (C=O) groups is 1. The van der Waals surface area contributed by atoms with Gasteiger partial charge in [-0.15, -0.1) is 0 Å². The third-order valence-corrected chi connectivity index (χ3v) is 3.82. The average Bonchev–Trinajstić information content (AvgIpc) is 2.47. The summed E-state index contributed by atoms with van der Waals surface area (Å²) in [4.78, 5) is 28.3. The molecule has 0 aliphatic heterocycles. The number of halogens is 2. The van der Waals surface area contributed by atoms with Crippen LogP contribution in [-0.4, -0.2) is 22.4 Å². The van der Waals surface area contributed by atoms with Gasteiger partial charge in [-0.2, -0.15) is 0 Å². The van der Waals surface area contributed by atoms with Crippen molar-refractivity contribution in [3.8, 4) is 5.75 Å². The fraction of sp³-hybridized carbons (Fsp3) is 0.214. The van der Waals surface area contributed by atoms with Crippen LogP contribution in [0.2, 0.25) is 5.02 Å². The van der Waals surface area contributed by atoms with Gasteiger partial charge in [0.15, 0.2) is 5.78 Å². The van der Waals surface area contributed by atoms with Crippen molar-refractivity contribution < 1.29 is 9.53 Å². The maximum Gasteiger partial charge on any atom is 0.268 e. The molecule has 110 valence electrons. The number of hydrogen-bond donors (Lipinski definition) is 0. The number of aromatic nitrogens is 2. The second kappa shape index (κ2) is 6.41. The highest BCUT2D eigenvalue weighted by Gasteiger charge is 2.13. The maximum absolute atomic E-state index is 12.3. The van der Waals surface area contributed by atoms with Crippen LogP contribution in [0.1, 0.15) is 16.2 Å². The van der Waals surface area contributed by atoms with Crippen molar-refractivity contribution in [1.82, 2.24) is 9.55 Å². The first kappa shape index (κ1) is 15.7. The Morgan fingerprint density at radius 1 is 1.48 bits per heavy atom. The molecule has 21 heavy (non-hydrogen) atoms. The molecule has 1 aromatic heterocycles. The minimum atomic E-state index is -0.296. The summed E-state index contributed by atoms with van der Waals surface area (Å²) in [6.45, 7) is 1.57. The molecule has 1 heterocycles. The highest BCUT2D eigenvalue weighted by molar-refractivity contribution is 9.10. The van der Waals surface area contributed by atoms with E-state index in [1.54, 1.807) is 19.1 Å². The molecular formula is C14H12BrClN2O3. The fourth-order valence-corrected chi connectivity index (χ4v) is 2.39. The van der Waals surface area contributed by atoms with Gasteiger partial charge in [0.2, 0.25) is 0 Å². The summed E-state index contributed by atoms with van der Waals surface area (Å²) in [6.07, 6.45) is 1.42. The number of methoxy groups -OCH3 is 1. The second-order valence-corrected chi connectivity index (χ2v) is 5.58. The minimum Gasteiger partial charge on any atom is -0.495 e. The SMILES string of the molecule is COc1ccc(C(=O)Cn2c(C)ncc(Br)c2=O)cc1Cl. The number of Topliss-reactive ketones (excluding diaryl/α,β-unsaturated/α-hetero) is 1. The van der Waals surface area contributed by atoms with Gasteiger partial charge in [0.1, 0.15) is 16.0 Å². The molecule has 0 atom stereocenters. The lowest BCUT2D eigenvalue weighted by Gasteiger charge is -2.09. The molecule has 0 saturated carbocycles. The van der Waals surface area contributed by atoms with Crippen LogP contribution in [0.25, 0.3) is 0 Å². The Labute approximate surface area is 134 Å². The summed E-state index contributed by atoms with van der Waals surface area (Å²) < 4.78 is 6.66. The molecule has 0 aliphatic rings. The summed E-state index contributed by atoms with van der Waals surface area (Å²) >= 11 is 9.11. The molecule has 0 saturated heterocycles. The zero-order valence-corrected chi connectivity index (χ0v) is 13.7. The molecule has 0 radical (unpaired) electrons. The van der Waals surface area contributed by atoms with Gasteiger partial charge in [-0.1, -0.05) is 11.6 Å². The van der Waals surface area contributed by atoms with Crippen molar-refractivity contribution in [2.24, 2.45) is 0 Å². The van der Waals surface area contributed by atoms with Crippen molar-refractivity contribution in [3.63, 3.8) is 0 Å². The van der Waals surface area contributed by atoms with Gasteiger partial charge in [-0.3, -0.25) is 14.2 Å². The zero-order chi connectivity index (χ0) is 15.6. The van der Waals surface area contributed by atoms with Crippen LogP contribution in [0.5, 0.6) is 5.75 Å². The number of nitrogens with zero attached hydrogens (tertiary/aromatic N) is 2. The van der Waals surface area contributed by atoms with Gasteiger partial charge in [-0.05, 0) is 41.1 Å². The van der Waals surface area contributed by atoms with E-state index in [-0.39, 0.29) is 17.9 Å². The van der Waals surface area contributed by atoms with Gasteiger partial charge in [0, 0.05) is 11.8 Å². The van der Waals surface area contributed by atoms with Crippen LogP contribution in [0.15, 0.2) is 33.7 Å². The van der Waals surface area contributed by atoms with Crippen molar-refractivity contribution in [1.29, 1.82) is 0 Å². The van der Waals surface area contributed by atoms with Gasteiger partial charge >= 0.3 is 0 Å². The number of aryl methyl sites for hydroxylation is 1. The van der Waals surface area contributed by atoms with Gasteiger partial charge < -0.3 is 4.74 Å². The van der Waals surface area contributed by atoms with E-state index in [9.17, 15) is 9.59 Å². The van der Waals surface area contributed by atoms with E-state index in [1.807, 2.05) is 0 Å². The normalized spacial score (nSPS) is 10.5. The van der Waals surface area contributed by atoms with Crippen LogP contribution >= 0.6 is 27.5 Å². The Balaban J connectivity index is 2.33. The van der Waals surface area contributed by atoms with E-state index < -0.39 is 0 Å². The lowest BCUT2D eigenvalue weighted by atomic mass is 10.1. The first-order valence-corrected chi connectivity index (χ1v) is 7.20. The zero-order valence-electron chi connectivity index (χ0n) is 11.4. The molecular weight excluding hydrogens is 360 g/mol. The lowest BCUT2D eigenvalue weighted by Crippen LogP contribution is -2.27. The van der Waals surface area contributed by atoms with Gasteiger partial charge in [0.05, 0.1) is 18.7 Å². The van der Waals surface area contributed by atoms with Crippen molar-refractivity contribution >= 4 is 33.3 Å². The second-order valence-electron chi connectivity index (χ2n) is 4.32. The standard InChI is InChI=1S/C14H12BrClN2O3/c1-8-17-6-10(15)14(20)18(8)7-12(19)9-3-4-13(21-2)11(16)5-9/h3-6H,7H2,1-2H3. The highest BCUT2D eigenvalue weighted by atomic mass is 79.9. The molecule has 0 amide bonds. The number of benzene rings is 1.